The summed E-state index contributed by atoms with van der Waals surface area (Å²) >= 11 is 1.65. The van der Waals surface area contributed by atoms with Crippen LogP contribution in [0.2, 0.25) is 0 Å². The number of nitrogens with zero attached hydrogens (tertiary/aromatic N) is 1. The molecule has 0 bridgehead atoms. The summed E-state index contributed by atoms with van der Waals surface area (Å²) in [6.45, 7) is 9.52. The number of rotatable bonds is 8. The molecule has 8 heteroatoms. The van der Waals surface area contributed by atoms with Crippen molar-refractivity contribution in [1.29, 1.82) is 0 Å². The maximum atomic E-state index is 13.4. The topological polar surface area (TPSA) is 74.8 Å². The minimum atomic E-state index is -0.516. The van der Waals surface area contributed by atoms with Crippen LogP contribution in [0, 0.1) is 5.82 Å². The van der Waals surface area contributed by atoms with Gasteiger partial charge in [-0.15, -0.1) is 0 Å². The maximum absolute atomic E-state index is 13.4. The van der Waals surface area contributed by atoms with E-state index in [4.69, 9.17) is 4.74 Å². The molecule has 0 aliphatic rings. The van der Waals surface area contributed by atoms with Crippen LogP contribution < -0.4 is 16.0 Å². The fraction of sp³-hybridized carbons (Fsp3) is 0.579. The van der Waals surface area contributed by atoms with Crippen molar-refractivity contribution in [2.24, 2.45) is 4.99 Å². The minimum absolute atomic E-state index is 0.231. The van der Waals surface area contributed by atoms with Gasteiger partial charge in [-0.3, -0.25) is 0 Å². The summed E-state index contributed by atoms with van der Waals surface area (Å²) in [5.74, 6) is 1.15. The predicted molar refractivity (Wildman–Crippen MR) is 111 cm³/mol. The summed E-state index contributed by atoms with van der Waals surface area (Å²) in [6, 6.07) is 4.80. The molecule has 0 aromatic heterocycles. The molecular formula is C19H31FN4O2S. The van der Waals surface area contributed by atoms with Gasteiger partial charge in [0.15, 0.2) is 5.96 Å². The van der Waals surface area contributed by atoms with E-state index in [1.54, 1.807) is 23.9 Å². The molecule has 0 heterocycles. The average molecular weight is 399 g/mol. The highest BCUT2D eigenvalue weighted by molar-refractivity contribution is 7.97. The zero-order valence-corrected chi connectivity index (χ0v) is 17.6. The number of halogens is 1. The smallest absolute Gasteiger partial charge is 0.407 e. The Balaban J connectivity index is 2.57. The van der Waals surface area contributed by atoms with Gasteiger partial charge in [0.25, 0.3) is 0 Å². The molecule has 6 nitrogen and oxygen atoms in total. The number of carbonyl (C=O) groups excluding carboxylic acids is 1. The van der Waals surface area contributed by atoms with E-state index in [9.17, 15) is 9.18 Å². The lowest BCUT2D eigenvalue weighted by atomic mass is 10.1. The minimum Gasteiger partial charge on any atom is -0.444 e. The van der Waals surface area contributed by atoms with E-state index in [0.29, 0.717) is 32.1 Å². The molecule has 27 heavy (non-hydrogen) atoms. The summed E-state index contributed by atoms with van der Waals surface area (Å²) < 4.78 is 18.6. The first-order valence-corrected chi connectivity index (χ1v) is 10.4. The molecule has 1 aromatic carbocycles. The summed E-state index contributed by atoms with van der Waals surface area (Å²) in [6.07, 6.45) is 1.54. The molecule has 0 fully saturated rings. The molecular weight excluding hydrogens is 367 g/mol. The first-order valence-electron chi connectivity index (χ1n) is 9.00. The number of thioether (sulfide) groups is 1. The number of amides is 1. The highest BCUT2D eigenvalue weighted by Crippen LogP contribution is 2.17. The van der Waals surface area contributed by atoms with E-state index in [0.717, 1.165) is 16.9 Å². The van der Waals surface area contributed by atoms with Crippen LogP contribution in [0.15, 0.2) is 23.2 Å². The largest absolute Gasteiger partial charge is 0.444 e. The molecule has 0 spiro atoms. The first-order chi connectivity index (χ1) is 12.7. The average Bonchev–Trinajstić information content (AvgIpc) is 2.56. The number of aliphatic imine (C=N–C) groups is 1. The van der Waals surface area contributed by atoms with Crippen molar-refractivity contribution in [3.63, 3.8) is 0 Å². The van der Waals surface area contributed by atoms with Crippen LogP contribution in [0.4, 0.5) is 9.18 Å². The normalized spacial score (nSPS) is 11.9. The molecule has 3 N–H and O–H groups in total. The van der Waals surface area contributed by atoms with Crippen molar-refractivity contribution in [3.8, 4) is 0 Å². The van der Waals surface area contributed by atoms with Crippen LogP contribution in [0.3, 0.4) is 0 Å². The number of guanidine groups is 1. The van der Waals surface area contributed by atoms with Gasteiger partial charge in [0.05, 0.1) is 6.54 Å². The van der Waals surface area contributed by atoms with Gasteiger partial charge in [-0.2, -0.15) is 11.8 Å². The lowest BCUT2D eigenvalue weighted by molar-refractivity contribution is 0.0529. The third kappa shape index (κ3) is 10.1. The third-order valence-corrected chi connectivity index (χ3v) is 3.91. The number of nitrogens with one attached hydrogen (secondary N) is 3. The Morgan fingerprint density at radius 2 is 1.89 bits per heavy atom. The highest BCUT2D eigenvalue weighted by atomic mass is 32.2. The molecule has 152 valence electrons. The summed E-state index contributed by atoms with van der Waals surface area (Å²) in [5, 5.41) is 9.01. The molecule has 0 atom stereocenters. The first kappa shape index (κ1) is 23.1. The van der Waals surface area contributed by atoms with Crippen molar-refractivity contribution in [2.75, 3.05) is 25.9 Å². The van der Waals surface area contributed by atoms with Crippen molar-refractivity contribution in [3.05, 3.63) is 35.1 Å². The number of alkyl carbamates (subject to hydrolysis) is 1. The molecule has 1 aromatic rings. The quantitative estimate of drug-likeness (QED) is 0.356. The molecule has 0 unspecified atom stereocenters. The van der Waals surface area contributed by atoms with E-state index in [1.165, 1.54) is 6.07 Å². The molecule has 1 rings (SSSR count). The molecule has 0 radical (unpaired) electrons. The van der Waals surface area contributed by atoms with E-state index >= 15 is 0 Å². The van der Waals surface area contributed by atoms with Crippen LogP contribution in [-0.4, -0.2) is 43.5 Å². The van der Waals surface area contributed by atoms with Gasteiger partial charge < -0.3 is 20.7 Å². The van der Waals surface area contributed by atoms with Gasteiger partial charge in [-0.05, 0) is 57.2 Å². The van der Waals surface area contributed by atoms with Crippen LogP contribution in [-0.2, 0) is 17.0 Å². The lowest BCUT2D eigenvalue weighted by Crippen LogP contribution is -2.42. The second kappa shape index (κ2) is 11.7. The second-order valence-electron chi connectivity index (χ2n) is 6.90. The highest BCUT2D eigenvalue weighted by Gasteiger charge is 2.15. The van der Waals surface area contributed by atoms with E-state index < -0.39 is 11.7 Å². The number of hydrogen-bond acceptors (Lipinski definition) is 4. The van der Waals surface area contributed by atoms with Gasteiger partial charge in [0, 0.05) is 25.4 Å². The van der Waals surface area contributed by atoms with Crippen molar-refractivity contribution in [2.45, 2.75) is 45.6 Å². The van der Waals surface area contributed by atoms with E-state index in [-0.39, 0.29) is 5.82 Å². The van der Waals surface area contributed by atoms with Gasteiger partial charge in [0.1, 0.15) is 11.4 Å². The van der Waals surface area contributed by atoms with Gasteiger partial charge in [-0.1, -0.05) is 6.07 Å². The van der Waals surface area contributed by atoms with E-state index in [1.807, 2.05) is 34.0 Å². The Morgan fingerprint density at radius 3 is 2.52 bits per heavy atom. The van der Waals surface area contributed by atoms with Crippen molar-refractivity contribution in [1.82, 2.24) is 16.0 Å². The molecule has 0 aliphatic heterocycles. The van der Waals surface area contributed by atoms with Crippen LogP contribution in [0.1, 0.15) is 38.8 Å². The summed E-state index contributed by atoms with van der Waals surface area (Å²) in [7, 11) is 0. The monoisotopic (exact) mass is 398 g/mol. The molecule has 1 amide bonds. The zero-order valence-electron chi connectivity index (χ0n) is 16.8. The van der Waals surface area contributed by atoms with Crippen molar-refractivity contribution < 1.29 is 13.9 Å². The Bertz CT molecular complexity index is 633. The van der Waals surface area contributed by atoms with Crippen LogP contribution >= 0.6 is 11.8 Å². The Hall–Kier alpha value is -1.96. The maximum Gasteiger partial charge on any atom is 0.407 e. The SMILES string of the molecule is CCNC(=NCc1ccc(F)cc1CSC)NCCNC(=O)OC(C)(C)C. The molecule has 0 aliphatic carbocycles. The predicted octanol–water partition coefficient (Wildman–Crippen LogP) is 3.27. The Kier molecular flexibility index (Phi) is 9.99. The third-order valence-electron chi connectivity index (χ3n) is 3.31. The van der Waals surface area contributed by atoms with Gasteiger partial charge in [-0.25, -0.2) is 14.2 Å². The fourth-order valence-corrected chi connectivity index (χ4v) is 2.78. The number of carbonyl (C=O) groups is 1. The zero-order chi connectivity index (χ0) is 20.3. The Morgan fingerprint density at radius 1 is 1.19 bits per heavy atom. The summed E-state index contributed by atoms with van der Waals surface area (Å²) in [4.78, 5) is 16.2. The number of ether oxygens (including phenoxy) is 1. The van der Waals surface area contributed by atoms with Gasteiger partial charge >= 0.3 is 6.09 Å². The van der Waals surface area contributed by atoms with Crippen LogP contribution in [0.5, 0.6) is 0 Å². The molecule has 0 saturated heterocycles. The second-order valence-corrected chi connectivity index (χ2v) is 7.76. The molecule has 0 saturated carbocycles. The number of benzene rings is 1. The van der Waals surface area contributed by atoms with Crippen LogP contribution in [0.25, 0.3) is 0 Å². The van der Waals surface area contributed by atoms with Gasteiger partial charge in [0.2, 0.25) is 0 Å². The number of hydrogen-bond donors (Lipinski definition) is 3. The fourth-order valence-electron chi connectivity index (χ4n) is 2.20. The lowest BCUT2D eigenvalue weighted by Gasteiger charge is -2.20. The van der Waals surface area contributed by atoms with E-state index in [2.05, 4.69) is 20.9 Å². The standard InChI is InChI=1S/C19H31FN4O2S/c1-6-21-17(22-9-10-23-18(25)26-19(2,3)4)24-12-14-7-8-16(20)11-15(14)13-27-5/h7-8,11H,6,9-10,12-13H2,1-5H3,(H,23,25)(H2,21,22,24). The summed E-state index contributed by atoms with van der Waals surface area (Å²) in [5.41, 5.74) is 1.43. The van der Waals surface area contributed by atoms with Crippen molar-refractivity contribution >= 4 is 23.8 Å². The Labute approximate surface area is 165 Å².